The highest BCUT2D eigenvalue weighted by Gasteiger charge is 2.19. The van der Waals surface area contributed by atoms with Gasteiger partial charge in [-0.3, -0.25) is 0 Å². The fraction of sp³-hybridized carbons (Fsp3) is 0.462. The van der Waals surface area contributed by atoms with Crippen molar-refractivity contribution in [1.29, 1.82) is 0 Å². The molecule has 4 nitrogen and oxygen atoms in total. The van der Waals surface area contributed by atoms with Crippen LogP contribution in [0.25, 0.3) is 0 Å². The molecular formula is C13H17Cl2N3O. The summed E-state index contributed by atoms with van der Waals surface area (Å²) in [6, 6.07) is 5.36. The monoisotopic (exact) mass is 301 g/mol. The Morgan fingerprint density at radius 2 is 2.00 bits per heavy atom. The molecule has 0 aliphatic carbocycles. The standard InChI is InChI=1S/C13H17Cl2N3O/c1-8-4-11(2-3-16-8)17-13(19)18-12-6-9(14)5-10(15)7-12/h5-8,11,16H,2-4H2,1H3,(H2,17,18,19). The van der Waals surface area contributed by atoms with E-state index in [2.05, 4.69) is 22.9 Å². The van der Waals surface area contributed by atoms with Crippen LogP contribution in [0.5, 0.6) is 0 Å². The number of piperidine rings is 1. The number of hydrogen-bond donors (Lipinski definition) is 3. The van der Waals surface area contributed by atoms with Crippen molar-refractivity contribution in [2.75, 3.05) is 11.9 Å². The van der Waals surface area contributed by atoms with E-state index >= 15 is 0 Å². The molecule has 1 saturated heterocycles. The van der Waals surface area contributed by atoms with Gasteiger partial charge in [-0.2, -0.15) is 0 Å². The van der Waals surface area contributed by atoms with Crippen molar-refractivity contribution in [1.82, 2.24) is 10.6 Å². The topological polar surface area (TPSA) is 53.2 Å². The maximum absolute atomic E-state index is 11.9. The predicted molar refractivity (Wildman–Crippen MR) is 79.1 cm³/mol. The lowest BCUT2D eigenvalue weighted by atomic mass is 10.0. The summed E-state index contributed by atoms with van der Waals surface area (Å²) in [7, 11) is 0. The number of halogens is 2. The first kappa shape index (κ1) is 14.4. The molecule has 2 unspecified atom stereocenters. The molecule has 2 atom stereocenters. The molecule has 3 N–H and O–H groups in total. The van der Waals surface area contributed by atoms with E-state index in [9.17, 15) is 4.79 Å². The number of rotatable bonds is 2. The maximum atomic E-state index is 11.9. The number of amides is 2. The Balaban J connectivity index is 1.90. The quantitative estimate of drug-likeness (QED) is 0.785. The molecule has 1 heterocycles. The molecule has 2 amide bonds. The van der Waals surface area contributed by atoms with Crippen LogP contribution in [0.1, 0.15) is 19.8 Å². The molecule has 104 valence electrons. The second-order valence-electron chi connectivity index (χ2n) is 4.83. The van der Waals surface area contributed by atoms with E-state index in [1.807, 2.05) is 0 Å². The summed E-state index contributed by atoms with van der Waals surface area (Å²) in [6.07, 6.45) is 1.87. The number of anilines is 1. The minimum Gasteiger partial charge on any atom is -0.335 e. The molecule has 2 rings (SSSR count). The third-order valence-electron chi connectivity index (χ3n) is 3.08. The van der Waals surface area contributed by atoms with Gasteiger partial charge in [-0.25, -0.2) is 4.79 Å². The largest absolute Gasteiger partial charge is 0.335 e. The minimum atomic E-state index is -0.225. The smallest absolute Gasteiger partial charge is 0.319 e. The zero-order valence-corrected chi connectivity index (χ0v) is 12.2. The zero-order valence-electron chi connectivity index (χ0n) is 10.7. The summed E-state index contributed by atoms with van der Waals surface area (Å²) in [6.45, 7) is 3.04. The highest BCUT2D eigenvalue weighted by molar-refractivity contribution is 6.35. The van der Waals surface area contributed by atoms with Crippen molar-refractivity contribution in [3.8, 4) is 0 Å². The van der Waals surface area contributed by atoms with Crippen molar-refractivity contribution >= 4 is 34.9 Å². The van der Waals surface area contributed by atoms with E-state index in [4.69, 9.17) is 23.2 Å². The highest BCUT2D eigenvalue weighted by Crippen LogP contribution is 2.22. The Morgan fingerprint density at radius 1 is 1.32 bits per heavy atom. The number of urea groups is 1. The summed E-state index contributed by atoms with van der Waals surface area (Å²) >= 11 is 11.8. The van der Waals surface area contributed by atoms with Gasteiger partial charge < -0.3 is 16.0 Å². The van der Waals surface area contributed by atoms with Crippen LogP contribution >= 0.6 is 23.2 Å². The first-order valence-electron chi connectivity index (χ1n) is 6.30. The first-order chi connectivity index (χ1) is 9.02. The summed E-state index contributed by atoms with van der Waals surface area (Å²) in [5.74, 6) is 0. The minimum absolute atomic E-state index is 0.200. The van der Waals surface area contributed by atoms with Gasteiger partial charge in [-0.15, -0.1) is 0 Å². The van der Waals surface area contributed by atoms with Gasteiger partial charge in [-0.1, -0.05) is 23.2 Å². The van der Waals surface area contributed by atoms with Gasteiger partial charge in [0.2, 0.25) is 0 Å². The zero-order chi connectivity index (χ0) is 13.8. The van der Waals surface area contributed by atoms with Crippen LogP contribution in [0, 0.1) is 0 Å². The molecule has 0 bridgehead atoms. The van der Waals surface area contributed by atoms with Crippen molar-refractivity contribution in [2.45, 2.75) is 31.8 Å². The van der Waals surface area contributed by atoms with E-state index in [-0.39, 0.29) is 12.1 Å². The van der Waals surface area contributed by atoms with Gasteiger partial charge in [0.15, 0.2) is 0 Å². The number of carbonyl (C=O) groups is 1. The Hall–Kier alpha value is -0.970. The second-order valence-corrected chi connectivity index (χ2v) is 5.71. The van der Waals surface area contributed by atoms with Crippen molar-refractivity contribution in [2.24, 2.45) is 0 Å². The van der Waals surface area contributed by atoms with Crippen LogP contribution in [0.3, 0.4) is 0 Å². The summed E-state index contributed by atoms with van der Waals surface area (Å²) in [5, 5.41) is 10.0. The molecule has 6 heteroatoms. The molecule has 0 spiro atoms. The van der Waals surface area contributed by atoms with Crippen LogP contribution in [0.2, 0.25) is 10.0 Å². The number of carbonyl (C=O) groups excluding carboxylic acids is 1. The summed E-state index contributed by atoms with van der Waals surface area (Å²) in [5.41, 5.74) is 0.594. The fourth-order valence-corrected chi connectivity index (χ4v) is 2.77. The molecule has 0 saturated carbocycles. The lowest BCUT2D eigenvalue weighted by Crippen LogP contribution is -2.47. The van der Waals surface area contributed by atoms with E-state index in [1.165, 1.54) is 0 Å². The summed E-state index contributed by atoms with van der Waals surface area (Å²) < 4.78 is 0. The second kappa shape index (κ2) is 6.46. The predicted octanol–water partition coefficient (Wildman–Crippen LogP) is 3.26. The molecular weight excluding hydrogens is 285 g/mol. The van der Waals surface area contributed by atoms with E-state index in [1.54, 1.807) is 18.2 Å². The van der Waals surface area contributed by atoms with Gasteiger partial charge in [0, 0.05) is 27.8 Å². The average molecular weight is 302 g/mol. The Kier molecular flexibility index (Phi) is 4.91. The Labute approximate surface area is 122 Å². The van der Waals surface area contributed by atoms with Crippen molar-refractivity contribution in [3.63, 3.8) is 0 Å². The van der Waals surface area contributed by atoms with E-state index < -0.39 is 0 Å². The average Bonchev–Trinajstić information content (AvgIpc) is 2.26. The van der Waals surface area contributed by atoms with Gasteiger partial charge in [0.25, 0.3) is 0 Å². The Morgan fingerprint density at radius 3 is 2.63 bits per heavy atom. The third kappa shape index (κ3) is 4.56. The van der Waals surface area contributed by atoms with Crippen LogP contribution in [0.4, 0.5) is 10.5 Å². The lowest BCUT2D eigenvalue weighted by Gasteiger charge is -2.28. The molecule has 1 aromatic rings. The number of hydrogen-bond acceptors (Lipinski definition) is 2. The number of nitrogens with one attached hydrogen (secondary N) is 3. The Bertz CT molecular complexity index is 447. The molecule has 1 aliphatic heterocycles. The molecule has 1 fully saturated rings. The highest BCUT2D eigenvalue weighted by atomic mass is 35.5. The van der Waals surface area contributed by atoms with Crippen LogP contribution in [0.15, 0.2) is 18.2 Å². The van der Waals surface area contributed by atoms with Crippen molar-refractivity contribution < 1.29 is 4.79 Å². The van der Waals surface area contributed by atoms with Crippen LogP contribution in [-0.2, 0) is 0 Å². The third-order valence-corrected chi connectivity index (χ3v) is 3.52. The van der Waals surface area contributed by atoms with Crippen molar-refractivity contribution in [3.05, 3.63) is 28.2 Å². The normalized spacial score (nSPS) is 22.9. The first-order valence-corrected chi connectivity index (χ1v) is 7.05. The molecule has 1 aliphatic rings. The van der Waals surface area contributed by atoms with Gasteiger partial charge in [0.1, 0.15) is 0 Å². The van der Waals surface area contributed by atoms with Crippen LogP contribution in [-0.4, -0.2) is 24.7 Å². The molecule has 0 aromatic heterocycles. The fourth-order valence-electron chi connectivity index (χ4n) is 2.24. The van der Waals surface area contributed by atoms with E-state index in [0.29, 0.717) is 21.8 Å². The molecule has 19 heavy (non-hydrogen) atoms. The van der Waals surface area contributed by atoms with Gasteiger partial charge in [0.05, 0.1) is 0 Å². The SMILES string of the molecule is CC1CC(NC(=O)Nc2cc(Cl)cc(Cl)c2)CCN1. The maximum Gasteiger partial charge on any atom is 0.319 e. The number of benzene rings is 1. The summed E-state index contributed by atoms with van der Waals surface area (Å²) in [4.78, 5) is 11.9. The lowest BCUT2D eigenvalue weighted by molar-refractivity contribution is 0.242. The molecule has 0 radical (unpaired) electrons. The molecule has 1 aromatic carbocycles. The van der Waals surface area contributed by atoms with Gasteiger partial charge >= 0.3 is 6.03 Å². The van der Waals surface area contributed by atoms with Gasteiger partial charge in [-0.05, 0) is 44.5 Å². The van der Waals surface area contributed by atoms with E-state index in [0.717, 1.165) is 19.4 Å². The van der Waals surface area contributed by atoms with Crippen LogP contribution < -0.4 is 16.0 Å².